The Morgan fingerprint density at radius 3 is 2.06 bits per heavy atom. The second-order valence-electron chi connectivity index (χ2n) is 5.86. The summed E-state index contributed by atoms with van der Waals surface area (Å²) in [6.07, 6.45) is 7.93. The van der Waals surface area contributed by atoms with Gasteiger partial charge in [0.05, 0.1) is 0 Å². The van der Waals surface area contributed by atoms with Gasteiger partial charge in [0.1, 0.15) is 0 Å². The molecule has 98 valence electrons. The van der Waals surface area contributed by atoms with Crippen molar-refractivity contribution in [2.75, 3.05) is 6.26 Å². The van der Waals surface area contributed by atoms with E-state index < -0.39 is 0 Å². The zero-order valence-corrected chi connectivity index (χ0v) is 12.2. The highest BCUT2D eigenvalue weighted by atomic mass is 32.2. The van der Waals surface area contributed by atoms with E-state index >= 15 is 0 Å². The molecule has 0 heterocycles. The van der Waals surface area contributed by atoms with E-state index in [4.69, 9.17) is 0 Å². The first-order valence-corrected chi connectivity index (χ1v) is 8.40. The largest absolute Gasteiger partial charge is 0.307 e. The molecule has 0 amide bonds. The maximum absolute atomic E-state index is 3.89. The average molecular weight is 261 g/mol. The van der Waals surface area contributed by atoms with Crippen LogP contribution in [0.3, 0.4) is 0 Å². The van der Waals surface area contributed by atoms with E-state index in [1.54, 1.807) is 0 Å². The molecule has 0 spiro atoms. The van der Waals surface area contributed by atoms with Gasteiger partial charge in [-0.05, 0) is 68.4 Å². The SMILES string of the molecule is CSc1ccc(C(C)NC(C2CC2)C2CC2)cc1. The third-order valence-electron chi connectivity index (χ3n) is 4.32. The molecular weight excluding hydrogens is 238 g/mol. The van der Waals surface area contributed by atoms with Crippen molar-refractivity contribution in [1.82, 2.24) is 5.32 Å². The molecule has 2 fully saturated rings. The van der Waals surface area contributed by atoms with Crippen LogP contribution in [0, 0.1) is 11.8 Å². The van der Waals surface area contributed by atoms with Crippen molar-refractivity contribution in [2.24, 2.45) is 11.8 Å². The molecule has 18 heavy (non-hydrogen) atoms. The first-order valence-electron chi connectivity index (χ1n) is 7.18. The minimum absolute atomic E-state index is 0.493. The lowest BCUT2D eigenvalue weighted by Gasteiger charge is -2.23. The molecule has 0 aromatic heterocycles. The van der Waals surface area contributed by atoms with Crippen LogP contribution in [0.4, 0.5) is 0 Å². The Balaban J connectivity index is 1.63. The van der Waals surface area contributed by atoms with Gasteiger partial charge in [-0.25, -0.2) is 0 Å². The molecule has 0 aliphatic heterocycles. The Bertz CT molecular complexity index is 380. The molecule has 0 radical (unpaired) electrons. The number of hydrogen-bond acceptors (Lipinski definition) is 2. The molecule has 1 aromatic rings. The lowest BCUT2D eigenvalue weighted by molar-refractivity contribution is 0.377. The molecule has 1 unspecified atom stereocenters. The number of rotatable bonds is 6. The van der Waals surface area contributed by atoms with Crippen LogP contribution in [-0.2, 0) is 0 Å². The Hall–Kier alpha value is -0.470. The summed E-state index contributed by atoms with van der Waals surface area (Å²) in [5.74, 6) is 1.95. The summed E-state index contributed by atoms with van der Waals surface area (Å²) < 4.78 is 0. The first kappa shape index (κ1) is 12.6. The van der Waals surface area contributed by atoms with Crippen LogP contribution < -0.4 is 5.32 Å². The van der Waals surface area contributed by atoms with Gasteiger partial charge in [-0.2, -0.15) is 0 Å². The van der Waals surface area contributed by atoms with E-state index in [-0.39, 0.29) is 0 Å². The van der Waals surface area contributed by atoms with Gasteiger partial charge in [-0.15, -0.1) is 11.8 Å². The summed E-state index contributed by atoms with van der Waals surface area (Å²) >= 11 is 1.81. The molecule has 2 saturated carbocycles. The Labute approximate surface area is 115 Å². The van der Waals surface area contributed by atoms with Crippen molar-refractivity contribution in [2.45, 2.75) is 49.6 Å². The van der Waals surface area contributed by atoms with E-state index in [0.717, 1.165) is 17.9 Å². The van der Waals surface area contributed by atoms with Gasteiger partial charge in [0, 0.05) is 17.0 Å². The first-order chi connectivity index (χ1) is 8.78. The van der Waals surface area contributed by atoms with E-state index in [9.17, 15) is 0 Å². The Kier molecular flexibility index (Phi) is 3.67. The van der Waals surface area contributed by atoms with Crippen LogP contribution in [0.5, 0.6) is 0 Å². The highest BCUT2D eigenvalue weighted by Crippen LogP contribution is 2.45. The number of hydrogen-bond donors (Lipinski definition) is 1. The smallest absolute Gasteiger partial charge is 0.0294 e. The molecule has 0 saturated heterocycles. The van der Waals surface area contributed by atoms with Crippen LogP contribution in [0.2, 0.25) is 0 Å². The molecule has 1 aromatic carbocycles. The fourth-order valence-corrected chi connectivity index (χ4v) is 3.25. The minimum Gasteiger partial charge on any atom is -0.307 e. The van der Waals surface area contributed by atoms with Gasteiger partial charge < -0.3 is 5.32 Å². The fraction of sp³-hybridized carbons (Fsp3) is 0.625. The maximum atomic E-state index is 3.89. The van der Waals surface area contributed by atoms with Crippen molar-refractivity contribution >= 4 is 11.8 Å². The van der Waals surface area contributed by atoms with Crippen LogP contribution in [0.25, 0.3) is 0 Å². The summed E-state index contributed by atoms with van der Waals surface area (Å²) in [7, 11) is 0. The molecule has 0 bridgehead atoms. The highest BCUT2D eigenvalue weighted by Gasteiger charge is 2.41. The molecule has 1 atom stereocenters. The molecule has 2 aliphatic rings. The van der Waals surface area contributed by atoms with Crippen LogP contribution in [-0.4, -0.2) is 12.3 Å². The zero-order chi connectivity index (χ0) is 12.5. The molecule has 1 N–H and O–H groups in total. The Morgan fingerprint density at radius 2 is 1.61 bits per heavy atom. The quantitative estimate of drug-likeness (QED) is 0.768. The highest BCUT2D eigenvalue weighted by molar-refractivity contribution is 7.98. The number of thioether (sulfide) groups is 1. The predicted octanol–water partition coefficient (Wildman–Crippen LogP) is 4.25. The number of nitrogens with one attached hydrogen (secondary N) is 1. The van der Waals surface area contributed by atoms with Crippen molar-refractivity contribution in [1.29, 1.82) is 0 Å². The van der Waals surface area contributed by atoms with E-state index in [2.05, 4.69) is 42.8 Å². The summed E-state index contributed by atoms with van der Waals surface area (Å²) in [6, 6.07) is 10.3. The maximum Gasteiger partial charge on any atom is 0.0294 e. The molecule has 1 nitrogen and oxygen atoms in total. The monoisotopic (exact) mass is 261 g/mol. The van der Waals surface area contributed by atoms with Gasteiger partial charge >= 0.3 is 0 Å². The van der Waals surface area contributed by atoms with Gasteiger partial charge in [0.2, 0.25) is 0 Å². The van der Waals surface area contributed by atoms with Gasteiger partial charge in [0.25, 0.3) is 0 Å². The van der Waals surface area contributed by atoms with Crippen molar-refractivity contribution in [3.8, 4) is 0 Å². The zero-order valence-electron chi connectivity index (χ0n) is 11.4. The summed E-state index contributed by atoms with van der Waals surface area (Å²) in [5, 5.41) is 3.89. The van der Waals surface area contributed by atoms with Crippen LogP contribution in [0.1, 0.15) is 44.2 Å². The van der Waals surface area contributed by atoms with Gasteiger partial charge in [0.15, 0.2) is 0 Å². The predicted molar refractivity (Wildman–Crippen MR) is 79.0 cm³/mol. The summed E-state index contributed by atoms with van der Waals surface area (Å²) in [6.45, 7) is 2.31. The average Bonchev–Trinajstić information content (AvgIpc) is 3.29. The van der Waals surface area contributed by atoms with Crippen LogP contribution >= 0.6 is 11.8 Å². The third kappa shape index (κ3) is 2.92. The van der Waals surface area contributed by atoms with E-state index in [1.165, 1.54) is 36.1 Å². The third-order valence-corrected chi connectivity index (χ3v) is 5.06. The lowest BCUT2D eigenvalue weighted by atomic mass is 10.0. The lowest BCUT2D eigenvalue weighted by Crippen LogP contribution is -2.35. The normalized spacial score (nSPS) is 21.3. The topological polar surface area (TPSA) is 12.0 Å². The minimum atomic E-state index is 0.493. The standard InChI is InChI=1S/C16H23NS/c1-11(12-7-9-15(18-2)10-8-12)17-16(13-3-4-13)14-5-6-14/h7-11,13-14,16-17H,3-6H2,1-2H3. The molecule has 3 rings (SSSR count). The number of benzene rings is 1. The summed E-state index contributed by atoms with van der Waals surface area (Å²) in [4.78, 5) is 1.35. The second-order valence-corrected chi connectivity index (χ2v) is 6.74. The van der Waals surface area contributed by atoms with Gasteiger partial charge in [-0.3, -0.25) is 0 Å². The van der Waals surface area contributed by atoms with E-state index in [1.807, 2.05) is 11.8 Å². The van der Waals surface area contributed by atoms with Crippen molar-refractivity contribution in [3.63, 3.8) is 0 Å². The molecular formula is C16H23NS. The summed E-state index contributed by atoms with van der Waals surface area (Å²) in [5.41, 5.74) is 1.43. The fourth-order valence-electron chi connectivity index (χ4n) is 2.85. The van der Waals surface area contributed by atoms with Crippen molar-refractivity contribution in [3.05, 3.63) is 29.8 Å². The van der Waals surface area contributed by atoms with Crippen LogP contribution in [0.15, 0.2) is 29.2 Å². The second kappa shape index (κ2) is 5.26. The Morgan fingerprint density at radius 1 is 1.06 bits per heavy atom. The van der Waals surface area contributed by atoms with Crippen molar-refractivity contribution < 1.29 is 0 Å². The molecule has 2 heteroatoms. The molecule has 2 aliphatic carbocycles. The van der Waals surface area contributed by atoms with Gasteiger partial charge in [-0.1, -0.05) is 12.1 Å². The van der Waals surface area contributed by atoms with E-state index in [0.29, 0.717) is 6.04 Å².